The molecule has 5 aliphatic rings. The molecule has 5 nitrogen and oxygen atoms in total. The Labute approximate surface area is 227 Å². The van der Waals surface area contributed by atoms with Gasteiger partial charge in [0.1, 0.15) is 17.9 Å². The molecule has 5 heteroatoms. The average molecular weight is 512 g/mol. The molecule has 0 bridgehead atoms. The highest BCUT2D eigenvalue weighted by atomic mass is 16.5. The second kappa shape index (κ2) is 9.91. The third-order valence-electron chi connectivity index (χ3n) is 9.43. The Bertz CT molecular complexity index is 1260. The summed E-state index contributed by atoms with van der Waals surface area (Å²) in [6, 6.07) is 10.7. The van der Waals surface area contributed by atoms with Crippen molar-refractivity contribution in [1.82, 2.24) is 9.80 Å². The molecule has 2 heterocycles. The monoisotopic (exact) mass is 511 g/mol. The first-order valence-electron chi connectivity index (χ1n) is 14.6. The SMILES string of the molecule is CCC1=C(C2=CC(OCc3ccccc3)=CCC2C)N=C2C(=CC1)N(C)C(=O)[C@@]1(C[C@@H]1C)N2C1CCCC1. The van der Waals surface area contributed by atoms with Crippen LogP contribution in [0.15, 0.2) is 81.9 Å². The van der Waals surface area contributed by atoms with Crippen molar-refractivity contribution < 1.29 is 9.53 Å². The van der Waals surface area contributed by atoms with E-state index in [0.717, 1.165) is 61.5 Å². The standard InChI is InChI=1S/C33H41N3O2/c1-5-25-16-18-29-31(36(26-13-9-10-14-26)33(20-23(33)3)32(37)35(29)4)34-30(25)28-19-27(17-15-22(28)2)38-21-24-11-7-6-8-12-24/h6-8,11-12,17-19,22-23,26H,5,9-10,13-16,20-21H2,1-4H3/t22?,23-,33-/m0/s1. The number of aliphatic imine (C=N–C) groups is 1. The van der Waals surface area contributed by atoms with Crippen molar-refractivity contribution in [3.05, 3.63) is 82.4 Å². The quantitative estimate of drug-likeness (QED) is 0.417. The molecular weight excluding hydrogens is 470 g/mol. The van der Waals surface area contributed by atoms with Gasteiger partial charge in [0.25, 0.3) is 5.91 Å². The second-order valence-electron chi connectivity index (χ2n) is 11.9. The molecule has 0 radical (unpaired) electrons. The van der Waals surface area contributed by atoms with E-state index in [0.29, 0.717) is 24.5 Å². The Kier molecular flexibility index (Phi) is 6.57. The molecule has 3 aliphatic carbocycles. The number of allylic oxidation sites excluding steroid dienone is 5. The van der Waals surface area contributed by atoms with E-state index in [-0.39, 0.29) is 5.91 Å². The van der Waals surface area contributed by atoms with E-state index >= 15 is 0 Å². The minimum absolute atomic E-state index is 0.258. The summed E-state index contributed by atoms with van der Waals surface area (Å²) in [5, 5.41) is 0. The number of rotatable bonds is 6. The predicted molar refractivity (Wildman–Crippen MR) is 152 cm³/mol. The minimum Gasteiger partial charge on any atom is -0.489 e. The molecule has 38 heavy (non-hydrogen) atoms. The highest BCUT2D eigenvalue weighted by Crippen LogP contribution is 2.55. The molecule has 0 aromatic heterocycles. The fourth-order valence-corrected chi connectivity index (χ4v) is 7.01. The van der Waals surface area contributed by atoms with Crippen molar-refractivity contribution in [3.63, 3.8) is 0 Å². The number of carbonyl (C=O) groups is 1. The molecule has 3 fully saturated rings. The number of benzene rings is 1. The minimum atomic E-state index is -0.418. The van der Waals surface area contributed by atoms with Gasteiger partial charge in [0.05, 0.1) is 11.4 Å². The van der Waals surface area contributed by atoms with E-state index in [1.54, 1.807) is 0 Å². The number of fused-ring (bicyclic) bond motifs is 1. The van der Waals surface area contributed by atoms with Crippen LogP contribution in [0.5, 0.6) is 0 Å². The maximum atomic E-state index is 13.8. The number of nitrogens with zero attached hydrogens (tertiary/aromatic N) is 3. The Morgan fingerprint density at radius 3 is 2.53 bits per heavy atom. The third-order valence-corrected chi connectivity index (χ3v) is 9.43. The van der Waals surface area contributed by atoms with E-state index in [4.69, 9.17) is 9.73 Å². The third kappa shape index (κ3) is 4.15. The zero-order chi connectivity index (χ0) is 26.4. The first-order valence-corrected chi connectivity index (χ1v) is 14.6. The molecule has 1 unspecified atom stereocenters. The lowest BCUT2D eigenvalue weighted by Gasteiger charge is -2.47. The Balaban J connectivity index is 1.40. The molecule has 1 saturated heterocycles. The average Bonchev–Trinajstić information content (AvgIpc) is 3.37. The lowest BCUT2D eigenvalue weighted by molar-refractivity contribution is -0.136. The molecule has 200 valence electrons. The highest BCUT2D eigenvalue weighted by molar-refractivity contribution is 6.11. The number of hydrogen-bond acceptors (Lipinski definition) is 4. The highest BCUT2D eigenvalue weighted by Gasteiger charge is 2.67. The molecule has 6 rings (SSSR count). The maximum Gasteiger partial charge on any atom is 0.253 e. The summed E-state index contributed by atoms with van der Waals surface area (Å²) < 4.78 is 6.27. The van der Waals surface area contributed by atoms with Crippen molar-refractivity contribution >= 4 is 11.7 Å². The van der Waals surface area contributed by atoms with Crippen LogP contribution >= 0.6 is 0 Å². The second-order valence-corrected chi connectivity index (χ2v) is 11.9. The first kappa shape index (κ1) is 25.2. The topological polar surface area (TPSA) is 45.1 Å². The molecule has 3 atom stereocenters. The molecule has 2 aliphatic heterocycles. The summed E-state index contributed by atoms with van der Waals surface area (Å²) in [5.41, 5.74) is 5.46. The number of amidine groups is 1. The van der Waals surface area contributed by atoms with E-state index in [1.165, 1.54) is 29.6 Å². The molecule has 0 N–H and O–H groups in total. The summed E-state index contributed by atoms with van der Waals surface area (Å²) in [6.45, 7) is 7.33. The summed E-state index contributed by atoms with van der Waals surface area (Å²) in [4.78, 5) is 23.8. The van der Waals surface area contributed by atoms with Crippen LogP contribution in [0.4, 0.5) is 0 Å². The molecule has 1 spiro atoms. The van der Waals surface area contributed by atoms with Gasteiger partial charge < -0.3 is 14.5 Å². The Hall–Kier alpha value is -3.08. The Morgan fingerprint density at radius 2 is 1.84 bits per heavy atom. The van der Waals surface area contributed by atoms with Crippen molar-refractivity contribution in [2.24, 2.45) is 16.8 Å². The summed E-state index contributed by atoms with van der Waals surface area (Å²) in [5.74, 6) is 2.93. The molecule has 1 amide bonds. The molecule has 1 aromatic rings. The van der Waals surface area contributed by atoms with Gasteiger partial charge in [-0.1, -0.05) is 70.0 Å². The summed E-state index contributed by atoms with van der Waals surface area (Å²) in [7, 11) is 1.96. The van der Waals surface area contributed by atoms with Crippen molar-refractivity contribution in [2.45, 2.75) is 90.3 Å². The van der Waals surface area contributed by atoms with Gasteiger partial charge in [0.15, 0.2) is 5.84 Å². The van der Waals surface area contributed by atoms with Crippen LogP contribution in [0.25, 0.3) is 0 Å². The molecule has 1 aromatic carbocycles. The zero-order valence-electron chi connectivity index (χ0n) is 23.4. The van der Waals surface area contributed by atoms with Gasteiger partial charge in [-0.3, -0.25) is 4.79 Å². The number of likely N-dealkylation sites (N-methyl/N-ethyl adjacent to an activating group) is 1. The molecular formula is C33H41N3O2. The van der Waals surface area contributed by atoms with Gasteiger partial charge >= 0.3 is 0 Å². The van der Waals surface area contributed by atoms with Gasteiger partial charge in [-0.05, 0) is 79.2 Å². The fourth-order valence-electron chi connectivity index (χ4n) is 7.01. The number of hydrogen-bond donors (Lipinski definition) is 0. The zero-order valence-corrected chi connectivity index (χ0v) is 23.4. The smallest absolute Gasteiger partial charge is 0.253 e. The van der Waals surface area contributed by atoms with Crippen LogP contribution in [0.3, 0.4) is 0 Å². The van der Waals surface area contributed by atoms with Crippen molar-refractivity contribution in [2.75, 3.05) is 7.05 Å². The maximum absolute atomic E-state index is 13.8. The number of ether oxygens (including phenoxy) is 1. The van der Waals surface area contributed by atoms with Crippen LogP contribution < -0.4 is 0 Å². The van der Waals surface area contributed by atoms with Crippen molar-refractivity contribution in [3.8, 4) is 0 Å². The largest absolute Gasteiger partial charge is 0.489 e. The van der Waals surface area contributed by atoms with Gasteiger partial charge in [0.2, 0.25) is 0 Å². The van der Waals surface area contributed by atoms with E-state index < -0.39 is 5.54 Å². The van der Waals surface area contributed by atoms with Gasteiger partial charge in [-0.25, -0.2) is 4.99 Å². The number of amides is 1. The lowest BCUT2D eigenvalue weighted by atomic mass is 9.87. The van der Waals surface area contributed by atoms with Crippen LogP contribution in [-0.4, -0.2) is 40.2 Å². The fraction of sp³-hybridized carbons (Fsp3) is 0.515. The Morgan fingerprint density at radius 1 is 1.11 bits per heavy atom. The van der Waals surface area contributed by atoms with Gasteiger partial charge in [-0.15, -0.1) is 0 Å². The predicted octanol–water partition coefficient (Wildman–Crippen LogP) is 6.90. The lowest BCUT2D eigenvalue weighted by Crippen LogP contribution is -2.62. The molecule has 2 saturated carbocycles. The van der Waals surface area contributed by atoms with E-state index in [9.17, 15) is 4.79 Å². The van der Waals surface area contributed by atoms with E-state index in [1.807, 2.05) is 18.0 Å². The van der Waals surface area contributed by atoms with Crippen LogP contribution in [0.1, 0.15) is 77.7 Å². The summed E-state index contributed by atoms with van der Waals surface area (Å²) in [6.07, 6.45) is 15.1. The first-order chi connectivity index (χ1) is 18.4. The number of piperazine rings is 1. The van der Waals surface area contributed by atoms with E-state index in [2.05, 4.69) is 68.2 Å². The van der Waals surface area contributed by atoms with Gasteiger partial charge in [-0.2, -0.15) is 0 Å². The number of carbonyl (C=O) groups excluding carboxylic acids is 1. The van der Waals surface area contributed by atoms with Crippen LogP contribution in [0.2, 0.25) is 0 Å². The van der Waals surface area contributed by atoms with Gasteiger partial charge in [0, 0.05) is 13.1 Å². The normalized spacial score (nSPS) is 29.5. The van der Waals surface area contributed by atoms with Crippen LogP contribution in [-0.2, 0) is 16.1 Å². The summed E-state index contributed by atoms with van der Waals surface area (Å²) >= 11 is 0. The van der Waals surface area contributed by atoms with Crippen molar-refractivity contribution in [1.29, 1.82) is 0 Å². The van der Waals surface area contributed by atoms with Crippen LogP contribution in [0, 0.1) is 11.8 Å².